The molecule has 0 aliphatic rings. The SMILES string of the molecule is CNCCCc1ccc(O)c(F)c1. The van der Waals surface area contributed by atoms with E-state index in [1.807, 2.05) is 7.05 Å². The number of halogens is 1. The Morgan fingerprint density at radius 2 is 2.23 bits per heavy atom. The molecule has 0 saturated carbocycles. The maximum Gasteiger partial charge on any atom is 0.165 e. The fourth-order valence-electron chi connectivity index (χ4n) is 1.18. The number of phenols is 1. The monoisotopic (exact) mass is 183 g/mol. The van der Waals surface area contributed by atoms with Gasteiger partial charge in [0.2, 0.25) is 0 Å². The summed E-state index contributed by atoms with van der Waals surface area (Å²) in [7, 11) is 1.89. The number of hydrogen-bond donors (Lipinski definition) is 2. The molecule has 0 aliphatic carbocycles. The summed E-state index contributed by atoms with van der Waals surface area (Å²) in [6.45, 7) is 0.919. The average molecular weight is 183 g/mol. The van der Waals surface area contributed by atoms with Gasteiger partial charge in [0.25, 0.3) is 0 Å². The standard InChI is InChI=1S/C10H14FNO/c1-12-6-2-3-8-4-5-10(13)9(11)7-8/h4-5,7,12-13H,2-3,6H2,1H3. The summed E-state index contributed by atoms with van der Waals surface area (Å²) < 4.78 is 12.8. The van der Waals surface area contributed by atoms with E-state index < -0.39 is 5.82 Å². The fraction of sp³-hybridized carbons (Fsp3) is 0.400. The molecule has 0 amide bonds. The van der Waals surface area contributed by atoms with E-state index in [9.17, 15) is 4.39 Å². The van der Waals surface area contributed by atoms with Crippen molar-refractivity contribution in [1.82, 2.24) is 5.32 Å². The number of benzene rings is 1. The first-order valence-electron chi connectivity index (χ1n) is 4.36. The Balaban J connectivity index is 2.53. The number of phenolic OH excluding ortho intramolecular Hbond substituents is 1. The van der Waals surface area contributed by atoms with Gasteiger partial charge in [0, 0.05) is 0 Å². The van der Waals surface area contributed by atoms with Gasteiger partial charge in [-0.2, -0.15) is 0 Å². The highest BCUT2D eigenvalue weighted by molar-refractivity contribution is 5.27. The number of rotatable bonds is 4. The maximum atomic E-state index is 12.8. The van der Waals surface area contributed by atoms with Crippen molar-refractivity contribution >= 4 is 0 Å². The van der Waals surface area contributed by atoms with Crippen molar-refractivity contribution in [2.75, 3.05) is 13.6 Å². The van der Waals surface area contributed by atoms with E-state index in [4.69, 9.17) is 5.11 Å². The Morgan fingerprint density at radius 3 is 2.85 bits per heavy atom. The van der Waals surface area contributed by atoms with Crippen molar-refractivity contribution in [3.05, 3.63) is 29.6 Å². The molecule has 13 heavy (non-hydrogen) atoms. The fourth-order valence-corrected chi connectivity index (χ4v) is 1.18. The Hall–Kier alpha value is -1.09. The number of nitrogens with one attached hydrogen (secondary N) is 1. The van der Waals surface area contributed by atoms with Crippen LogP contribution in [0.2, 0.25) is 0 Å². The van der Waals surface area contributed by atoms with Crippen molar-refractivity contribution in [1.29, 1.82) is 0 Å². The highest BCUT2D eigenvalue weighted by Crippen LogP contribution is 2.16. The molecule has 72 valence electrons. The molecule has 0 spiro atoms. The highest BCUT2D eigenvalue weighted by Gasteiger charge is 2.00. The van der Waals surface area contributed by atoms with Gasteiger partial charge in [-0.25, -0.2) is 4.39 Å². The van der Waals surface area contributed by atoms with Gasteiger partial charge in [-0.3, -0.25) is 0 Å². The second kappa shape index (κ2) is 4.82. The first-order valence-corrected chi connectivity index (χ1v) is 4.36. The van der Waals surface area contributed by atoms with Crippen LogP contribution in [-0.2, 0) is 6.42 Å². The Kier molecular flexibility index (Phi) is 3.71. The lowest BCUT2D eigenvalue weighted by molar-refractivity contribution is 0.431. The van der Waals surface area contributed by atoms with Crippen molar-refractivity contribution in [3.63, 3.8) is 0 Å². The summed E-state index contributed by atoms with van der Waals surface area (Å²) in [4.78, 5) is 0. The first kappa shape index (κ1) is 9.99. The molecule has 0 bridgehead atoms. The molecule has 3 heteroatoms. The van der Waals surface area contributed by atoms with E-state index in [1.165, 1.54) is 12.1 Å². The summed E-state index contributed by atoms with van der Waals surface area (Å²) in [6.07, 6.45) is 1.80. The zero-order valence-electron chi connectivity index (χ0n) is 7.68. The molecule has 0 fully saturated rings. The van der Waals surface area contributed by atoms with Crippen molar-refractivity contribution < 1.29 is 9.50 Å². The molecular weight excluding hydrogens is 169 g/mol. The molecule has 1 rings (SSSR count). The molecule has 0 heterocycles. The van der Waals surface area contributed by atoms with Crippen LogP contribution in [0, 0.1) is 5.82 Å². The normalized spacial score (nSPS) is 10.3. The topological polar surface area (TPSA) is 32.3 Å². The summed E-state index contributed by atoms with van der Waals surface area (Å²) in [5, 5.41) is 11.9. The van der Waals surface area contributed by atoms with Crippen LogP contribution in [-0.4, -0.2) is 18.7 Å². The van der Waals surface area contributed by atoms with Crippen LogP contribution in [0.25, 0.3) is 0 Å². The Bertz CT molecular complexity index is 276. The predicted molar refractivity (Wildman–Crippen MR) is 50.3 cm³/mol. The molecule has 2 N–H and O–H groups in total. The minimum Gasteiger partial charge on any atom is -0.505 e. The van der Waals surface area contributed by atoms with Gasteiger partial charge < -0.3 is 10.4 Å². The molecule has 0 atom stereocenters. The Labute approximate surface area is 77.4 Å². The molecule has 1 aromatic carbocycles. The molecule has 0 saturated heterocycles. The quantitative estimate of drug-likeness (QED) is 0.696. The van der Waals surface area contributed by atoms with Crippen LogP contribution in [0.15, 0.2) is 18.2 Å². The van der Waals surface area contributed by atoms with Crippen LogP contribution >= 0.6 is 0 Å². The minimum atomic E-state index is -0.540. The number of aryl methyl sites for hydroxylation is 1. The highest BCUT2D eigenvalue weighted by atomic mass is 19.1. The second-order valence-corrected chi connectivity index (χ2v) is 2.99. The van der Waals surface area contributed by atoms with Gasteiger partial charge in [0.1, 0.15) is 0 Å². The van der Waals surface area contributed by atoms with Crippen molar-refractivity contribution in [3.8, 4) is 5.75 Å². The minimum absolute atomic E-state index is 0.280. The lowest BCUT2D eigenvalue weighted by Crippen LogP contribution is -2.08. The van der Waals surface area contributed by atoms with Crippen LogP contribution in [0.4, 0.5) is 4.39 Å². The van der Waals surface area contributed by atoms with Gasteiger partial charge in [0.15, 0.2) is 11.6 Å². The first-order chi connectivity index (χ1) is 6.24. The van der Waals surface area contributed by atoms with Gasteiger partial charge in [-0.1, -0.05) is 6.07 Å². The summed E-state index contributed by atoms with van der Waals surface area (Å²) >= 11 is 0. The van der Waals surface area contributed by atoms with E-state index in [0.29, 0.717) is 0 Å². The summed E-state index contributed by atoms with van der Waals surface area (Å²) in [5.41, 5.74) is 0.922. The third-order valence-corrected chi connectivity index (χ3v) is 1.90. The van der Waals surface area contributed by atoms with Crippen LogP contribution in [0.3, 0.4) is 0 Å². The molecule has 0 aromatic heterocycles. The molecule has 2 nitrogen and oxygen atoms in total. The maximum absolute atomic E-state index is 12.8. The van der Waals surface area contributed by atoms with Gasteiger partial charge in [0.05, 0.1) is 0 Å². The summed E-state index contributed by atoms with van der Waals surface area (Å²) in [5.74, 6) is -0.820. The number of aromatic hydroxyl groups is 1. The smallest absolute Gasteiger partial charge is 0.165 e. The molecule has 0 aliphatic heterocycles. The van der Waals surface area contributed by atoms with Gasteiger partial charge in [-0.05, 0) is 44.1 Å². The predicted octanol–water partition coefficient (Wildman–Crippen LogP) is 1.68. The van der Waals surface area contributed by atoms with Crippen molar-refractivity contribution in [2.45, 2.75) is 12.8 Å². The van der Waals surface area contributed by atoms with Crippen LogP contribution in [0.1, 0.15) is 12.0 Å². The van der Waals surface area contributed by atoms with Gasteiger partial charge in [-0.15, -0.1) is 0 Å². The molecule has 1 aromatic rings. The largest absolute Gasteiger partial charge is 0.505 e. The van der Waals surface area contributed by atoms with Crippen LogP contribution in [0.5, 0.6) is 5.75 Å². The van der Waals surface area contributed by atoms with E-state index in [2.05, 4.69) is 5.32 Å². The lowest BCUT2D eigenvalue weighted by atomic mass is 10.1. The zero-order valence-corrected chi connectivity index (χ0v) is 7.68. The third kappa shape index (κ3) is 3.03. The van der Waals surface area contributed by atoms with E-state index >= 15 is 0 Å². The van der Waals surface area contributed by atoms with E-state index in [-0.39, 0.29) is 5.75 Å². The summed E-state index contributed by atoms with van der Waals surface area (Å²) in [6, 6.07) is 4.52. The third-order valence-electron chi connectivity index (χ3n) is 1.90. The molecule has 0 unspecified atom stereocenters. The van der Waals surface area contributed by atoms with E-state index in [0.717, 1.165) is 24.9 Å². The number of hydrogen-bond acceptors (Lipinski definition) is 2. The average Bonchev–Trinajstić information content (AvgIpc) is 2.12. The second-order valence-electron chi connectivity index (χ2n) is 2.99. The molecule has 0 radical (unpaired) electrons. The lowest BCUT2D eigenvalue weighted by Gasteiger charge is -2.02. The molecular formula is C10H14FNO. The Morgan fingerprint density at radius 1 is 1.46 bits per heavy atom. The van der Waals surface area contributed by atoms with E-state index in [1.54, 1.807) is 6.07 Å². The zero-order chi connectivity index (χ0) is 9.68. The van der Waals surface area contributed by atoms with Crippen LogP contribution < -0.4 is 5.32 Å². The van der Waals surface area contributed by atoms with Crippen molar-refractivity contribution in [2.24, 2.45) is 0 Å². The van der Waals surface area contributed by atoms with Gasteiger partial charge >= 0.3 is 0 Å².